The lowest BCUT2D eigenvalue weighted by atomic mass is 10.1. The van der Waals surface area contributed by atoms with Gasteiger partial charge >= 0.3 is 5.97 Å². The van der Waals surface area contributed by atoms with Gasteiger partial charge in [0.05, 0.1) is 25.4 Å². The van der Waals surface area contributed by atoms with E-state index in [1.807, 2.05) is 6.08 Å². The van der Waals surface area contributed by atoms with Crippen LogP contribution < -0.4 is 5.32 Å². The van der Waals surface area contributed by atoms with Gasteiger partial charge in [-0.25, -0.2) is 0 Å². The van der Waals surface area contributed by atoms with Crippen molar-refractivity contribution in [1.29, 1.82) is 0 Å². The lowest BCUT2D eigenvalue weighted by Crippen LogP contribution is -2.45. The number of ether oxygens (including phenoxy) is 1. The summed E-state index contributed by atoms with van der Waals surface area (Å²) >= 11 is 0. The monoisotopic (exact) mass is 816 g/mol. The Morgan fingerprint density at radius 1 is 0.466 bits per heavy atom. The van der Waals surface area contributed by atoms with Crippen molar-refractivity contribution in [1.82, 2.24) is 5.32 Å². The van der Waals surface area contributed by atoms with Crippen molar-refractivity contribution in [2.45, 2.75) is 270 Å². The molecule has 0 aliphatic rings. The molecule has 340 valence electrons. The Labute approximate surface area is 360 Å². The maximum atomic E-state index is 12.4. The van der Waals surface area contributed by atoms with Crippen LogP contribution in [0.3, 0.4) is 0 Å². The zero-order valence-corrected chi connectivity index (χ0v) is 38.5. The van der Waals surface area contributed by atoms with Crippen molar-refractivity contribution in [3.63, 3.8) is 0 Å². The van der Waals surface area contributed by atoms with Gasteiger partial charge in [0.25, 0.3) is 0 Å². The molecule has 2 unspecified atom stereocenters. The molecule has 6 heteroatoms. The van der Waals surface area contributed by atoms with Gasteiger partial charge < -0.3 is 20.3 Å². The molecule has 6 nitrogen and oxygen atoms in total. The van der Waals surface area contributed by atoms with Gasteiger partial charge in [0.1, 0.15) is 0 Å². The van der Waals surface area contributed by atoms with Crippen LogP contribution in [0.2, 0.25) is 0 Å². The zero-order chi connectivity index (χ0) is 42.3. The standard InChI is InChI=1S/C52H97NO5/c1-3-5-7-9-11-13-15-16-22-26-30-34-38-42-46-52(57)58-47-43-39-35-31-27-23-20-18-17-19-21-25-29-33-37-41-45-51(56)53-49(48-54)50(55)44-40-36-32-28-24-14-12-10-8-6-4-2/h15-17,19,40,44,49-50,54-55H,3-14,18,20-39,41-43,45-48H2,1-2H3,(H,53,56)/b16-15-,19-17-,44-40+. The van der Waals surface area contributed by atoms with Crippen LogP contribution in [0.25, 0.3) is 0 Å². The third kappa shape index (κ3) is 43.7. The molecule has 3 N–H and O–H groups in total. The third-order valence-corrected chi connectivity index (χ3v) is 11.4. The van der Waals surface area contributed by atoms with E-state index in [1.165, 1.54) is 167 Å². The molecule has 2 atom stereocenters. The highest BCUT2D eigenvalue weighted by Crippen LogP contribution is 2.14. The van der Waals surface area contributed by atoms with Gasteiger partial charge in [-0.3, -0.25) is 9.59 Å². The SMILES string of the molecule is CCCCCCC/C=C\CCCCCCCC(=O)OCCCCCCCCC/C=C\CCCCCCCC(=O)NC(CO)C(O)/C=C/CCCCCCCCCCC. The number of amides is 1. The summed E-state index contributed by atoms with van der Waals surface area (Å²) in [6.07, 6.45) is 57.1. The lowest BCUT2D eigenvalue weighted by molar-refractivity contribution is -0.143. The van der Waals surface area contributed by atoms with Crippen molar-refractivity contribution in [2.75, 3.05) is 13.2 Å². The van der Waals surface area contributed by atoms with Crippen LogP contribution in [-0.4, -0.2) is 47.4 Å². The number of aliphatic hydroxyl groups excluding tert-OH is 2. The van der Waals surface area contributed by atoms with Gasteiger partial charge in [0, 0.05) is 12.8 Å². The van der Waals surface area contributed by atoms with Crippen molar-refractivity contribution in [2.24, 2.45) is 0 Å². The molecule has 0 spiro atoms. The maximum absolute atomic E-state index is 12.4. The highest BCUT2D eigenvalue weighted by Gasteiger charge is 2.18. The van der Waals surface area contributed by atoms with Crippen molar-refractivity contribution in [3.05, 3.63) is 36.5 Å². The summed E-state index contributed by atoms with van der Waals surface area (Å²) < 4.78 is 5.45. The van der Waals surface area contributed by atoms with E-state index in [-0.39, 0.29) is 18.5 Å². The van der Waals surface area contributed by atoms with E-state index in [4.69, 9.17) is 4.74 Å². The molecule has 1 amide bonds. The van der Waals surface area contributed by atoms with E-state index in [0.717, 1.165) is 64.2 Å². The average Bonchev–Trinajstić information content (AvgIpc) is 3.22. The summed E-state index contributed by atoms with van der Waals surface area (Å²) in [6.45, 7) is 4.84. The number of esters is 1. The molecule has 0 radical (unpaired) electrons. The second-order valence-electron chi connectivity index (χ2n) is 17.1. The summed E-state index contributed by atoms with van der Waals surface area (Å²) in [4.78, 5) is 24.4. The predicted octanol–water partition coefficient (Wildman–Crippen LogP) is 14.9. The molecular weight excluding hydrogens is 719 g/mol. The Morgan fingerprint density at radius 3 is 1.22 bits per heavy atom. The molecule has 0 aliphatic heterocycles. The van der Waals surface area contributed by atoms with Crippen molar-refractivity contribution >= 4 is 11.9 Å². The maximum Gasteiger partial charge on any atom is 0.305 e. The van der Waals surface area contributed by atoms with Crippen LogP contribution in [0.5, 0.6) is 0 Å². The van der Waals surface area contributed by atoms with Crippen LogP contribution in [0.1, 0.15) is 258 Å². The number of aliphatic hydroxyl groups is 2. The van der Waals surface area contributed by atoms with Crippen LogP contribution in [-0.2, 0) is 14.3 Å². The van der Waals surface area contributed by atoms with Crippen LogP contribution >= 0.6 is 0 Å². The molecule has 0 aromatic carbocycles. The first-order valence-corrected chi connectivity index (χ1v) is 25.3. The van der Waals surface area contributed by atoms with Gasteiger partial charge in [-0.05, 0) is 83.5 Å². The summed E-state index contributed by atoms with van der Waals surface area (Å²) in [5.74, 6) is -0.101. The number of unbranched alkanes of at least 4 members (excludes halogenated alkanes) is 31. The number of allylic oxidation sites excluding steroid dienone is 5. The fourth-order valence-corrected chi connectivity index (χ4v) is 7.44. The minimum Gasteiger partial charge on any atom is -0.466 e. The highest BCUT2D eigenvalue weighted by atomic mass is 16.5. The Morgan fingerprint density at radius 2 is 0.810 bits per heavy atom. The Kier molecular flexibility index (Phi) is 46.2. The minimum absolute atomic E-state index is 0.0133. The summed E-state index contributed by atoms with van der Waals surface area (Å²) in [7, 11) is 0. The molecule has 0 heterocycles. The van der Waals surface area contributed by atoms with Crippen molar-refractivity contribution < 1.29 is 24.5 Å². The van der Waals surface area contributed by atoms with Crippen LogP contribution in [0, 0.1) is 0 Å². The molecular formula is C52H97NO5. The number of carbonyl (C=O) groups is 2. The van der Waals surface area contributed by atoms with Gasteiger partial charge in [0.15, 0.2) is 0 Å². The number of hydrogen-bond acceptors (Lipinski definition) is 5. The molecule has 0 bridgehead atoms. The molecule has 0 rings (SSSR count). The third-order valence-electron chi connectivity index (χ3n) is 11.4. The molecule has 0 saturated heterocycles. The largest absolute Gasteiger partial charge is 0.466 e. The number of rotatable bonds is 46. The first-order chi connectivity index (χ1) is 28.5. The smallest absolute Gasteiger partial charge is 0.305 e. The lowest BCUT2D eigenvalue weighted by Gasteiger charge is -2.20. The molecule has 0 aliphatic carbocycles. The number of hydrogen-bond donors (Lipinski definition) is 3. The van der Waals surface area contributed by atoms with E-state index >= 15 is 0 Å². The topological polar surface area (TPSA) is 95.9 Å². The van der Waals surface area contributed by atoms with Gasteiger partial charge in [-0.15, -0.1) is 0 Å². The van der Waals surface area contributed by atoms with Gasteiger partial charge in [0.2, 0.25) is 5.91 Å². The fraction of sp³-hybridized carbons (Fsp3) is 0.846. The molecule has 0 fully saturated rings. The molecule has 0 saturated carbocycles. The van der Waals surface area contributed by atoms with E-state index in [9.17, 15) is 19.8 Å². The second kappa shape index (κ2) is 47.8. The Bertz CT molecular complexity index is 946. The number of nitrogens with one attached hydrogen (secondary N) is 1. The molecule has 0 aromatic heterocycles. The summed E-state index contributed by atoms with van der Waals surface area (Å²) in [6, 6.07) is -0.639. The van der Waals surface area contributed by atoms with Gasteiger partial charge in [-0.2, -0.15) is 0 Å². The predicted molar refractivity (Wildman–Crippen MR) is 250 cm³/mol. The van der Waals surface area contributed by atoms with Gasteiger partial charge in [-0.1, -0.05) is 198 Å². The highest BCUT2D eigenvalue weighted by molar-refractivity contribution is 5.76. The van der Waals surface area contributed by atoms with E-state index < -0.39 is 12.1 Å². The van der Waals surface area contributed by atoms with Crippen LogP contribution in [0.4, 0.5) is 0 Å². The summed E-state index contributed by atoms with van der Waals surface area (Å²) in [5, 5.41) is 22.9. The first kappa shape index (κ1) is 56.1. The van der Waals surface area contributed by atoms with Crippen molar-refractivity contribution in [3.8, 4) is 0 Å². The van der Waals surface area contributed by atoms with Crippen LogP contribution in [0.15, 0.2) is 36.5 Å². The second-order valence-corrected chi connectivity index (χ2v) is 17.1. The Balaban J connectivity index is 3.49. The summed E-state index contributed by atoms with van der Waals surface area (Å²) in [5.41, 5.74) is 0. The average molecular weight is 816 g/mol. The minimum atomic E-state index is -0.853. The zero-order valence-electron chi connectivity index (χ0n) is 38.5. The molecule has 58 heavy (non-hydrogen) atoms. The van der Waals surface area contributed by atoms with E-state index in [2.05, 4.69) is 43.5 Å². The molecule has 0 aromatic rings. The fourth-order valence-electron chi connectivity index (χ4n) is 7.44. The van der Waals surface area contributed by atoms with E-state index in [0.29, 0.717) is 19.4 Å². The van der Waals surface area contributed by atoms with E-state index in [1.54, 1.807) is 6.08 Å². The Hall–Kier alpha value is -1.92. The quantitative estimate of drug-likeness (QED) is 0.0323. The number of carbonyl (C=O) groups excluding carboxylic acids is 2. The first-order valence-electron chi connectivity index (χ1n) is 25.3. The normalized spacial score (nSPS) is 13.0.